The minimum Gasteiger partial charge on any atom is -0.493 e. The van der Waals surface area contributed by atoms with Crippen molar-refractivity contribution in [2.45, 2.75) is 19.8 Å². The number of aromatic nitrogens is 2. The Morgan fingerprint density at radius 2 is 1.72 bits per heavy atom. The quantitative estimate of drug-likeness (QED) is 0.765. The van der Waals surface area contributed by atoms with E-state index in [-0.39, 0.29) is 11.4 Å². The van der Waals surface area contributed by atoms with E-state index in [0.717, 1.165) is 5.56 Å². The van der Waals surface area contributed by atoms with Gasteiger partial charge < -0.3 is 10.2 Å². The number of imidazole rings is 1. The molecule has 0 atom stereocenters. The summed E-state index contributed by atoms with van der Waals surface area (Å²) in [5, 5.41) is 19.3. The van der Waals surface area contributed by atoms with E-state index in [1.165, 1.54) is 27.5 Å². The lowest BCUT2D eigenvalue weighted by atomic mass is 10.0. The Labute approximate surface area is 144 Å². The van der Waals surface area contributed by atoms with E-state index in [2.05, 4.69) is 13.8 Å². The number of aromatic carboxylic acids is 1. The molecule has 0 unspecified atom stereocenters. The third-order valence-electron chi connectivity index (χ3n) is 4.06. The van der Waals surface area contributed by atoms with Crippen LogP contribution in [0.2, 0.25) is 0 Å². The van der Waals surface area contributed by atoms with Gasteiger partial charge in [-0.3, -0.25) is 4.57 Å². The van der Waals surface area contributed by atoms with Crippen molar-refractivity contribution in [1.82, 2.24) is 9.13 Å². The van der Waals surface area contributed by atoms with Crippen LogP contribution in [0, 0.1) is 0 Å². The van der Waals surface area contributed by atoms with Gasteiger partial charge in [0.25, 0.3) is 0 Å². The lowest BCUT2D eigenvalue weighted by Gasteiger charge is -2.07. The topological polar surface area (TPSA) is 84.5 Å². The molecule has 2 N–H and O–H groups in total. The average Bonchev–Trinajstić information content (AvgIpc) is 2.89. The Hall–Kier alpha value is -3.28. The summed E-state index contributed by atoms with van der Waals surface area (Å²) < 4.78 is 2.40. The number of aromatic hydroxyl groups is 1. The van der Waals surface area contributed by atoms with Gasteiger partial charge in [-0.2, -0.15) is 0 Å². The molecule has 128 valence electrons. The van der Waals surface area contributed by atoms with Crippen LogP contribution >= 0.6 is 0 Å². The second kappa shape index (κ2) is 6.32. The van der Waals surface area contributed by atoms with E-state index in [1.807, 2.05) is 12.1 Å². The van der Waals surface area contributed by atoms with Gasteiger partial charge in [0.05, 0.1) is 23.1 Å². The largest absolute Gasteiger partial charge is 0.493 e. The zero-order valence-electron chi connectivity index (χ0n) is 13.9. The van der Waals surface area contributed by atoms with E-state index < -0.39 is 11.7 Å². The minimum atomic E-state index is -1.08. The maximum atomic E-state index is 12.7. The van der Waals surface area contributed by atoms with Crippen molar-refractivity contribution in [3.63, 3.8) is 0 Å². The van der Waals surface area contributed by atoms with Crippen molar-refractivity contribution >= 4 is 5.97 Å². The molecular formula is C19H18N2O4. The highest BCUT2D eigenvalue weighted by Gasteiger charge is 2.15. The number of benzene rings is 2. The van der Waals surface area contributed by atoms with Crippen LogP contribution in [0.5, 0.6) is 5.88 Å². The maximum Gasteiger partial charge on any atom is 0.340 e. The van der Waals surface area contributed by atoms with Crippen LogP contribution < -0.4 is 5.69 Å². The monoisotopic (exact) mass is 338 g/mol. The van der Waals surface area contributed by atoms with Gasteiger partial charge >= 0.3 is 11.7 Å². The van der Waals surface area contributed by atoms with Crippen LogP contribution in [0.25, 0.3) is 11.4 Å². The molecule has 6 nitrogen and oxygen atoms in total. The van der Waals surface area contributed by atoms with Crippen molar-refractivity contribution in [3.05, 3.63) is 76.3 Å². The van der Waals surface area contributed by atoms with Gasteiger partial charge in [0.1, 0.15) is 0 Å². The molecule has 1 heterocycles. The first-order valence-electron chi connectivity index (χ1n) is 7.86. The summed E-state index contributed by atoms with van der Waals surface area (Å²) in [6, 6.07) is 13.4. The van der Waals surface area contributed by atoms with Crippen LogP contribution in [0.1, 0.15) is 35.7 Å². The second-order valence-electron chi connectivity index (χ2n) is 6.08. The number of carboxylic acids is 1. The molecule has 0 aliphatic carbocycles. The molecule has 25 heavy (non-hydrogen) atoms. The molecule has 0 bridgehead atoms. The minimum absolute atomic E-state index is 0.0675. The third-order valence-corrected chi connectivity index (χ3v) is 4.06. The molecule has 0 aliphatic rings. The molecule has 0 saturated carbocycles. The van der Waals surface area contributed by atoms with Crippen LogP contribution in [0.3, 0.4) is 0 Å². The van der Waals surface area contributed by atoms with Gasteiger partial charge in [-0.1, -0.05) is 32.0 Å². The molecule has 1 aromatic heterocycles. The van der Waals surface area contributed by atoms with Crippen molar-refractivity contribution in [2.24, 2.45) is 0 Å². The summed E-state index contributed by atoms with van der Waals surface area (Å²) in [4.78, 5) is 23.8. The number of rotatable bonds is 4. The SMILES string of the molecule is CC(C)c1ccc(-n2c(O)cn(-c3cccc(C(=O)O)c3)c2=O)cc1. The van der Waals surface area contributed by atoms with Gasteiger partial charge in [-0.25, -0.2) is 14.2 Å². The van der Waals surface area contributed by atoms with Gasteiger partial charge in [-0.05, 0) is 41.8 Å². The van der Waals surface area contributed by atoms with E-state index >= 15 is 0 Å². The van der Waals surface area contributed by atoms with E-state index in [1.54, 1.807) is 24.3 Å². The number of carboxylic acid groups (broad SMARTS) is 1. The Balaban J connectivity index is 2.09. The van der Waals surface area contributed by atoms with Crippen molar-refractivity contribution in [1.29, 1.82) is 0 Å². The van der Waals surface area contributed by atoms with Gasteiger partial charge in [0.2, 0.25) is 5.88 Å². The van der Waals surface area contributed by atoms with Gasteiger partial charge in [0.15, 0.2) is 0 Å². The van der Waals surface area contributed by atoms with Gasteiger partial charge in [-0.15, -0.1) is 0 Å². The van der Waals surface area contributed by atoms with Crippen LogP contribution in [-0.2, 0) is 0 Å². The predicted octanol–water partition coefficient (Wildman–Crippen LogP) is 3.16. The third kappa shape index (κ3) is 3.06. The number of carbonyl (C=O) groups is 1. The second-order valence-corrected chi connectivity index (χ2v) is 6.08. The van der Waals surface area contributed by atoms with Crippen molar-refractivity contribution in [2.75, 3.05) is 0 Å². The van der Waals surface area contributed by atoms with Crippen molar-refractivity contribution < 1.29 is 15.0 Å². The normalized spacial score (nSPS) is 11.0. The lowest BCUT2D eigenvalue weighted by molar-refractivity contribution is 0.0697. The molecule has 0 radical (unpaired) electrons. The average molecular weight is 338 g/mol. The standard InChI is InChI=1S/C19H18N2O4/c1-12(2)13-6-8-15(9-7-13)21-17(22)11-20(19(21)25)16-5-3-4-14(10-16)18(23)24/h3-12,22H,1-2H3,(H,23,24). The van der Waals surface area contributed by atoms with E-state index in [9.17, 15) is 14.7 Å². The molecule has 6 heteroatoms. The van der Waals surface area contributed by atoms with Crippen LogP contribution in [0.4, 0.5) is 0 Å². The fourth-order valence-corrected chi connectivity index (χ4v) is 2.66. The van der Waals surface area contributed by atoms with Gasteiger partial charge in [0, 0.05) is 0 Å². The smallest absolute Gasteiger partial charge is 0.340 e. The van der Waals surface area contributed by atoms with E-state index in [0.29, 0.717) is 17.3 Å². The summed E-state index contributed by atoms with van der Waals surface area (Å²) in [6.45, 7) is 4.15. The maximum absolute atomic E-state index is 12.7. The molecule has 0 saturated heterocycles. The first kappa shape index (κ1) is 16.6. The Bertz CT molecular complexity index is 981. The summed E-state index contributed by atoms with van der Waals surface area (Å²) in [6.07, 6.45) is 1.28. The Kier molecular flexibility index (Phi) is 4.19. The number of hydrogen-bond donors (Lipinski definition) is 2. The predicted molar refractivity (Wildman–Crippen MR) is 94.1 cm³/mol. The molecule has 0 fully saturated rings. The molecule has 0 aliphatic heterocycles. The fraction of sp³-hybridized carbons (Fsp3) is 0.158. The molecule has 3 rings (SSSR count). The molecule has 0 amide bonds. The zero-order chi connectivity index (χ0) is 18.1. The fourth-order valence-electron chi connectivity index (χ4n) is 2.66. The number of hydrogen-bond acceptors (Lipinski definition) is 3. The number of nitrogens with zero attached hydrogens (tertiary/aromatic N) is 2. The zero-order valence-corrected chi connectivity index (χ0v) is 13.9. The Morgan fingerprint density at radius 3 is 2.32 bits per heavy atom. The van der Waals surface area contributed by atoms with E-state index in [4.69, 9.17) is 5.11 Å². The Morgan fingerprint density at radius 1 is 1.04 bits per heavy atom. The molecule has 0 spiro atoms. The molecule has 2 aromatic carbocycles. The first-order valence-corrected chi connectivity index (χ1v) is 7.86. The first-order chi connectivity index (χ1) is 11.9. The summed E-state index contributed by atoms with van der Waals surface area (Å²) >= 11 is 0. The summed E-state index contributed by atoms with van der Waals surface area (Å²) in [5.41, 5.74) is 1.64. The van der Waals surface area contributed by atoms with Crippen LogP contribution in [-0.4, -0.2) is 25.3 Å². The van der Waals surface area contributed by atoms with Crippen molar-refractivity contribution in [3.8, 4) is 17.3 Å². The summed E-state index contributed by atoms with van der Waals surface area (Å²) in [7, 11) is 0. The summed E-state index contributed by atoms with van der Waals surface area (Å²) in [5.74, 6) is -0.937. The highest BCUT2D eigenvalue weighted by Crippen LogP contribution is 2.20. The van der Waals surface area contributed by atoms with Crippen LogP contribution in [0.15, 0.2) is 59.5 Å². The molecule has 3 aromatic rings. The highest BCUT2D eigenvalue weighted by molar-refractivity contribution is 5.88. The molecular weight excluding hydrogens is 320 g/mol. The lowest BCUT2D eigenvalue weighted by Crippen LogP contribution is -2.22. The highest BCUT2D eigenvalue weighted by atomic mass is 16.4.